The number of carbonyl (C=O) groups excluding carboxylic acids is 12. The number of aliphatic hydroxyl groups excluding tert-OH is 1. The zero-order chi connectivity index (χ0) is 79.9. The number of aromatic hydroxyl groups is 1. The first-order chi connectivity index (χ1) is 50.0. The molecule has 12 amide bonds. The Morgan fingerprint density at radius 1 is 0.340 bits per heavy atom. The molecule has 596 valence electrons. The maximum absolute atomic E-state index is 14.5. The number of hydrogen-bond donors (Lipinski definition) is 20. The molecule has 0 radical (unpaired) electrons. The Balaban J connectivity index is 2.40. The highest BCUT2D eigenvalue weighted by molar-refractivity contribution is 6.00. The molecular formula is C73H123N17O16. The summed E-state index contributed by atoms with van der Waals surface area (Å²) >= 11 is 0. The lowest BCUT2D eigenvalue weighted by molar-refractivity contribution is -0.143. The summed E-state index contributed by atoms with van der Waals surface area (Å²) in [6.07, 6.45) is 2.71. The zero-order valence-electron chi connectivity index (χ0n) is 63.6. The first-order valence-electron chi connectivity index (χ1n) is 36.9. The quantitative estimate of drug-likeness (QED) is 0.0330. The number of aliphatic hydroxyl groups is 1. The second kappa shape index (κ2) is 49.1. The molecule has 2 rings (SSSR count). The molecule has 14 atom stereocenters. The number of aliphatic carboxylic acids is 1. The molecule has 0 aliphatic heterocycles. The Morgan fingerprint density at radius 2 is 0.651 bits per heavy atom. The number of benzene rings is 2. The molecule has 0 aromatic heterocycles. The fraction of sp³-hybridized carbons (Fsp3) is 0.658. The number of phenols is 1. The van der Waals surface area contributed by atoms with Crippen molar-refractivity contribution in [2.24, 2.45) is 52.3 Å². The monoisotopic (exact) mass is 1490 g/mol. The van der Waals surface area contributed by atoms with E-state index in [9.17, 15) is 77.6 Å². The molecule has 0 fully saturated rings. The van der Waals surface area contributed by atoms with Gasteiger partial charge in [0.1, 0.15) is 78.3 Å². The lowest BCUT2D eigenvalue weighted by Crippen LogP contribution is -2.62. The van der Waals surface area contributed by atoms with Gasteiger partial charge in [-0.3, -0.25) is 57.5 Å². The van der Waals surface area contributed by atoms with Crippen LogP contribution in [0.2, 0.25) is 0 Å². The fourth-order valence-electron chi connectivity index (χ4n) is 11.2. The molecule has 33 nitrogen and oxygen atoms in total. The molecule has 25 N–H and O–H groups in total. The van der Waals surface area contributed by atoms with E-state index in [0.29, 0.717) is 82.0 Å². The van der Waals surface area contributed by atoms with Crippen LogP contribution in [-0.4, -0.2) is 203 Å². The van der Waals surface area contributed by atoms with E-state index in [1.54, 1.807) is 85.7 Å². The van der Waals surface area contributed by atoms with Crippen LogP contribution in [0.25, 0.3) is 0 Å². The number of amides is 12. The molecule has 0 unspecified atom stereocenters. The summed E-state index contributed by atoms with van der Waals surface area (Å²) < 4.78 is 0. The number of carboxylic acid groups (broad SMARTS) is 1. The van der Waals surface area contributed by atoms with Gasteiger partial charge in [0.05, 0.1) is 12.1 Å². The van der Waals surface area contributed by atoms with E-state index in [4.69, 9.17) is 28.7 Å². The van der Waals surface area contributed by atoms with Crippen molar-refractivity contribution in [1.29, 1.82) is 0 Å². The van der Waals surface area contributed by atoms with Gasteiger partial charge in [-0.2, -0.15) is 0 Å². The fourth-order valence-corrected chi connectivity index (χ4v) is 11.2. The van der Waals surface area contributed by atoms with E-state index in [1.165, 1.54) is 45.0 Å². The van der Waals surface area contributed by atoms with Crippen LogP contribution in [0.1, 0.15) is 171 Å². The summed E-state index contributed by atoms with van der Waals surface area (Å²) in [6, 6.07) is -3.07. The van der Waals surface area contributed by atoms with Gasteiger partial charge in [-0.05, 0) is 171 Å². The molecule has 2 aromatic carbocycles. The Labute approximate surface area is 623 Å². The number of nitrogens with one attached hydrogen (secondary N) is 12. The average Bonchev–Trinajstić information content (AvgIpc) is 0.847. The molecule has 106 heavy (non-hydrogen) atoms. The smallest absolute Gasteiger partial charge is 0.326 e. The zero-order valence-corrected chi connectivity index (χ0v) is 63.6. The van der Waals surface area contributed by atoms with Gasteiger partial charge in [0.2, 0.25) is 70.9 Å². The van der Waals surface area contributed by atoms with Crippen LogP contribution < -0.4 is 92.5 Å². The average molecular weight is 1490 g/mol. The molecule has 2 aromatic rings. The van der Waals surface area contributed by atoms with Crippen LogP contribution in [0, 0.1) is 23.7 Å². The third-order valence-corrected chi connectivity index (χ3v) is 17.6. The van der Waals surface area contributed by atoms with E-state index in [1.807, 2.05) is 0 Å². The summed E-state index contributed by atoms with van der Waals surface area (Å²) in [5.41, 5.74) is 30.2. The van der Waals surface area contributed by atoms with Crippen LogP contribution in [-0.2, 0) is 75.2 Å². The molecule has 0 saturated carbocycles. The third-order valence-electron chi connectivity index (χ3n) is 17.6. The second-order valence-electron chi connectivity index (χ2n) is 28.5. The highest BCUT2D eigenvalue weighted by atomic mass is 16.4. The minimum atomic E-state index is -1.79. The SMILES string of the molecule is CC(C)C[C@H](NC(=O)[C@@H](NC(=O)[C@H](Cc1ccc(O)cc1)NC(=O)[C@@H](NC(=O)[C@H](C)NC(=O)[C@H](C)NC(=O)[C@H](Cc1ccccc1)NC(=O)[C@@H](NC(=O)[C@H](CCCCN)NC(=O)[C@H](CCCCN)NC(=O)[C@H](CCCCN)NC(=O)[C@@H](N)CCCCN)C(C)C)[C@@H](C)O)C(C)C)C(=O)N[C@H](C(=O)O)C(C)C. The van der Waals surface area contributed by atoms with Gasteiger partial charge in [-0.1, -0.05) is 104 Å². The van der Waals surface area contributed by atoms with Crippen molar-refractivity contribution in [3.05, 3.63) is 65.7 Å². The Kier molecular flexibility index (Phi) is 43.1. The van der Waals surface area contributed by atoms with Crippen molar-refractivity contribution >= 4 is 76.9 Å². The van der Waals surface area contributed by atoms with E-state index in [2.05, 4.69) is 63.8 Å². The minimum absolute atomic E-state index is 0.0549. The van der Waals surface area contributed by atoms with Crippen molar-refractivity contribution in [3.8, 4) is 5.75 Å². The number of rotatable bonds is 51. The van der Waals surface area contributed by atoms with Crippen molar-refractivity contribution < 1.29 is 77.6 Å². The summed E-state index contributed by atoms with van der Waals surface area (Å²) in [4.78, 5) is 181. The minimum Gasteiger partial charge on any atom is -0.508 e. The Bertz CT molecular complexity index is 3130. The molecule has 0 heterocycles. The highest BCUT2D eigenvalue weighted by Gasteiger charge is 2.39. The lowest BCUT2D eigenvalue weighted by atomic mass is 9.98. The number of carboxylic acids is 1. The molecule has 0 spiro atoms. The summed E-state index contributed by atoms with van der Waals surface area (Å²) in [5, 5.41) is 62.3. The van der Waals surface area contributed by atoms with Crippen molar-refractivity contribution in [2.75, 3.05) is 26.2 Å². The largest absolute Gasteiger partial charge is 0.508 e. The van der Waals surface area contributed by atoms with Crippen LogP contribution in [0.3, 0.4) is 0 Å². The lowest BCUT2D eigenvalue weighted by Gasteiger charge is -2.30. The van der Waals surface area contributed by atoms with E-state index < -0.39 is 179 Å². The number of hydrogen-bond acceptors (Lipinski definition) is 20. The van der Waals surface area contributed by atoms with Crippen LogP contribution >= 0.6 is 0 Å². The van der Waals surface area contributed by atoms with Gasteiger partial charge in [0.15, 0.2) is 0 Å². The number of carbonyl (C=O) groups is 13. The molecule has 0 aliphatic rings. The van der Waals surface area contributed by atoms with Gasteiger partial charge < -0.3 is 108 Å². The maximum atomic E-state index is 14.5. The van der Waals surface area contributed by atoms with E-state index in [0.717, 1.165) is 0 Å². The summed E-state index contributed by atoms with van der Waals surface area (Å²) in [7, 11) is 0. The molecule has 0 saturated heterocycles. The normalized spacial score (nSPS) is 15.4. The predicted molar refractivity (Wildman–Crippen MR) is 399 cm³/mol. The Morgan fingerprint density at radius 3 is 1.05 bits per heavy atom. The number of phenolic OH excluding ortho intramolecular Hbond substituents is 1. The van der Waals surface area contributed by atoms with Gasteiger partial charge in [0.25, 0.3) is 0 Å². The maximum Gasteiger partial charge on any atom is 0.326 e. The number of unbranched alkanes of at least 4 members (excludes halogenated alkanes) is 4. The molecule has 33 heteroatoms. The number of nitrogens with two attached hydrogens (primary N) is 5. The van der Waals surface area contributed by atoms with Gasteiger partial charge in [-0.15, -0.1) is 0 Å². The second-order valence-corrected chi connectivity index (χ2v) is 28.5. The van der Waals surface area contributed by atoms with Gasteiger partial charge >= 0.3 is 5.97 Å². The van der Waals surface area contributed by atoms with Crippen LogP contribution in [0.4, 0.5) is 0 Å². The summed E-state index contributed by atoms with van der Waals surface area (Å²) in [6.45, 7) is 18.4. The highest BCUT2D eigenvalue weighted by Crippen LogP contribution is 2.17. The van der Waals surface area contributed by atoms with Crippen molar-refractivity contribution in [2.45, 2.75) is 257 Å². The Hall–Kier alpha value is -8.89. The standard InChI is InChI=1S/C73H123N17O16/c1-40(2)37-54(68(100)89-59(43(7)8)73(105)106)84-70(102)58(42(5)6)88-69(101)56(39-48-29-31-49(92)32-30-48)86-72(104)60(46(11)91)90-62(94)45(10)79-61(93)44(9)80-67(99)55(38-47-23-13-12-14-24-47)85-71(103)57(41(3)4)87-66(98)53(28-18-22-36-77)83-65(97)52(27-17-21-35-76)82-64(96)51(26-16-20-34-75)81-63(95)50(78)25-15-19-33-74/h12-14,23-24,29-32,40-46,50-60,91-92H,15-22,25-28,33-39,74-78H2,1-11H3,(H,79,93)(H,80,99)(H,81,95)(H,82,96)(H,83,97)(H,84,102)(H,85,103)(H,86,104)(H,87,98)(H,88,101)(H,89,100)(H,90,94)(H,105,106)/t44-,45-,46+,50-,51-,52-,53-,54-,55-,56-,57-,58-,59-,60-/m0/s1. The first kappa shape index (κ1) is 93.2. The van der Waals surface area contributed by atoms with Crippen LogP contribution in [0.5, 0.6) is 5.75 Å². The molecule has 0 aliphatic carbocycles. The van der Waals surface area contributed by atoms with Crippen LogP contribution in [0.15, 0.2) is 54.6 Å². The van der Waals surface area contributed by atoms with Crippen molar-refractivity contribution in [1.82, 2.24) is 63.8 Å². The topological polar surface area (TPSA) is 557 Å². The van der Waals surface area contributed by atoms with E-state index >= 15 is 0 Å². The molecule has 0 bridgehead atoms. The predicted octanol–water partition coefficient (Wildman–Crippen LogP) is -1.64. The summed E-state index contributed by atoms with van der Waals surface area (Å²) in [5.74, 6) is -13.2. The van der Waals surface area contributed by atoms with Gasteiger partial charge in [0, 0.05) is 12.8 Å². The third kappa shape index (κ3) is 34.1. The van der Waals surface area contributed by atoms with Gasteiger partial charge in [-0.25, -0.2) is 4.79 Å². The first-order valence-corrected chi connectivity index (χ1v) is 36.9. The molecular weight excluding hydrogens is 1370 g/mol. The van der Waals surface area contributed by atoms with E-state index in [-0.39, 0.29) is 63.3 Å². The van der Waals surface area contributed by atoms with Crippen molar-refractivity contribution in [3.63, 3.8) is 0 Å².